The van der Waals surface area contributed by atoms with Crippen LogP contribution in [0.25, 0.3) is 0 Å². The molecule has 0 aromatic rings. The van der Waals surface area contributed by atoms with Gasteiger partial charge in [0, 0.05) is 19.1 Å². The molecule has 1 heterocycles. The second kappa shape index (κ2) is 6.61. The van der Waals surface area contributed by atoms with Gasteiger partial charge < -0.3 is 4.90 Å². The molecule has 0 aromatic carbocycles. The highest BCUT2D eigenvalue weighted by Crippen LogP contribution is 2.18. The van der Waals surface area contributed by atoms with E-state index < -0.39 is 0 Å². The van der Waals surface area contributed by atoms with Crippen molar-refractivity contribution in [1.29, 1.82) is 5.26 Å². The summed E-state index contributed by atoms with van der Waals surface area (Å²) in [5.41, 5.74) is 0. The summed E-state index contributed by atoms with van der Waals surface area (Å²) in [7, 11) is 1.95. The fourth-order valence-corrected chi connectivity index (χ4v) is 2.24. The van der Waals surface area contributed by atoms with Gasteiger partial charge in [0.1, 0.15) is 6.04 Å². The first-order valence-corrected chi connectivity index (χ1v) is 6.49. The predicted octanol–water partition coefficient (Wildman–Crippen LogP) is 1.62. The van der Waals surface area contributed by atoms with E-state index in [1.807, 2.05) is 11.9 Å². The zero-order valence-electron chi connectivity index (χ0n) is 11.1. The Balaban J connectivity index is 2.77. The van der Waals surface area contributed by atoms with E-state index in [1.165, 1.54) is 0 Å². The summed E-state index contributed by atoms with van der Waals surface area (Å²) in [5, 5.41) is 8.85. The third kappa shape index (κ3) is 3.44. The average Bonchev–Trinajstić information content (AvgIpc) is 2.42. The number of nitriles is 1. The number of rotatable bonds is 4. The van der Waals surface area contributed by atoms with Gasteiger partial charge in [-0.1, -0.05) is 13.3 Å². The largest absolute Gasteiger partial charge is 0.341 e. The molecule has 1 aliphatic rings. The van der Waals surface area contributed by atoms with E-state index in [4.69, 9.17) is 5.26 Å². The molecule has 0 saturated carbocycles. The Labute approximate surface area is 104 Å². The zero-order chi connectivity index (χ0) is 12.8. The fourth-order valence-electron chi connectivity index (χ4n) is 2.24. The maximum absolute atomic E-state index is 12.3. The Morgan fingerprint density at radius 3 is 2.82 bits per heavy atom. The number of amides is 1. The highest BCUT2D eigenvalue weighted by Gasteiger charge is 2.33. The molecule has 4 heteroatoms. The van der Waals surface area contributed by atoms with Crippen LogP contribution in [-0.2, 0) is 4.79 Å². The van der Waals surface area contributed by atoms with Crippen LogP contribution in [0.1, 0.15) is 39.5 Å². The lowest BCUT2D eigenvalue weighted by Crippen LogP contribution is -2.46. The predicted molar refractivity (Wildman–Crippen MR) is 67.3 cm³/mol. The molecule has 96 valence electrons. The van der Waals surface area contributed by atoms with Gasteiger partial charge in [-0.3, -0.25) is 9.69 Å². The van der Waals surface area contributed by atoms with E-state index in [2.05, 4.69) is 24.8 Å². The van der Waals surface area contributed by atoms with Crippen LogP contribution in [0, 0.1) is 11.3 Å². The molecule has 2 atom stereocenters. The lowest BCUT2D eigenvalue weighted by atomic mass is 10.1. The quantitative estimate of drug-likeness (QED) is 0.746. The summed E-state index contributed by atoms with van der Waals surface area (Å²) in [6.07, 6.45) is 3.43. The van der Waals surface area contributed by atoms with Gasteiger partial charge in [-0.25, -0.2) is 0 Å². The van der Waals surface area contributed by atoms with Gasteiger partial charge >= 0.3 is 0 Å². The molecule has 1 amide bonds. The topological polar surface area (TPSA) is 47.3 Å². The molecule has 0 bridgehead atoms. The van der Waals surface area contributed by atoms with Gasteiger partial charge in [0.25, 0.3) is 0 Å². The van der Waals surface area contributed by atoms with Crippen molar-refractivity contribution >= 4 is 5.91 Å². The molecule has 0 spiro atoms. The third-order valence-electron chi connectivity index (χ3n) is 3.67. The van der Waals surface area contributed by atoms with Crippen LogP contribution in [0.5, 0.6) is 0 Å². The van der Waals surface area contributed by atoms with Gasteiger partial charge in [-0.05, 0) is 26.8 Å². The third-order valence-corrected chi connectivity index (χ3v) is 3.67. The second-order valence-electron chi connectivity index (χ2n) is 4.86. The van der Waals surface area contributed by atoms with Crippen molar-refractivity contribution in [3.05, 3.63) is 0 Å². The van der Waals surface area contributed by atoms with E-state index in [0.29, 0.717) is 12.5 Å². The molecule has 1 rings (SSSR count). The highest BCUT2D eigenvalue weighted by atomic mass is 16.2. The summed E-state index contributed by atoms with van der Waals surface area (Å²) in [6, 6.07) is 2.24. The molecule has 1 saturated heterocycles. The molecule has 4 nitrogen and oxygen atoms in total. The van der Waals surface area contributed by atoms with Crippen LogP contribution >= 0.6 is 0 Å². The lowest BCUT2D eigenvalue weighted by molar-refractivity contribution is -0.135. The van der Waals surface area contributed by atoms with Gasteiger partial charge in [0.05, 0.1) is 12.5 Å². The Kier molecular flexibility index (Phi) is 5.43. The van der Waals surface area contributed by atoms with Crippen LogP contribution in [0.4, 0.5) is 0 Å². The molecular weight excluding hydrogens is 214 g/mol. The normalized spacial score (nSPS) is 26.7. The van der Waals surface area contributed by atoms with Crippen LogP contribution in [0.2, 0.25) is 0 Å². The molecule has 0 aromatic heterocycles. The lowest BCUT2D eigenvalue weighted by Gasteiger charge is -2.28. The summed E-state index contributed by atoms with van der Waals surface area (Å²) in [6.45, 7) is 5.91. The van der Waals surface area contributed by atoms with Crippen molar-refractivity contribution in [2.75, 3.05) is 20.1 Å². The van der Waals surface area contributed by atoms with E-state index in [0.717, 1.165) is 32.4 Å². The van der Waals surface area contributed by atoms with Crippen LogP contribution in [0.15, 0.2) is 0 Å². The number of carbonyl (C=O) groups is 1. The van der Waals surface area contributed by atoms with Crippen molar-refractivity contribution < 1.29 is 4.79 Å². The van der Waals surface area contributed by atoms with Crippen molar-refractivity contribution in [1.82, 2.24) is 9.80 Å². The second-order valence-corrected chi connectivity index (χ2v) is 4.86. The Bertz CT molecular complexity index is 298. The molecule has 2 unspecified atom stereocenters. The standard InChI is InChI=1S/C13H23N3O/c1-4-5-9-16-10-7-11(2)15(3)12(6-8-14)13(16)17/h11-12H,4-7,9-10H2,1-3H3. The Morgan fingerprint density at radius 1 is 1.53 bits per heavy atom. The molecule has 0 radical (unpaired) electrons. The van der Waals surface area contributed by atoms with Crippen molar-refractivity contribution in [2.45, 2.75) is 51.6 Å². The number of hydrogen-bond donors (Lipinski definition) is 0. The van der Waals surface area contributed by atoms with E-state index in [1.54, 1.807) is 0 Å². The Hall–Kier alpha value is -1.08. The number of unbranched alkanes of at least 4 members (excludes halogenated alkanes) is 1. The molecule has 0 N–H and O–H groups in total. The molecule has 1 fully saturated rings. The summed E-state index contributed by atoms with van der Waals surface area (Å²) >= 11 is 0. The van der Waals surface area contributed by atoms with Crippen molar-refractivity contribution in [3.8, 4) is 6.07 Å². The molecule has 1 aliphatic heterocycles. The Morgan fingerprint density at radius 2 is 2.24 bits per heavy atom. The summed E-state index contributed by atoms with van der Waals surface area (Å²) in [5.74, 6) is 0.131. The first-order valence-electron chi connectivity index (χ1n) is 6.49. The van der Waals surface area contributed by atoms with Crippen LogP contribution in [0.3, 0.4) is 0 Å². The van der Waals surface area contributed by atoms with E-state index in [9.17, 15) is 4.79 Å². The van der Waals surface area contributed by atoms with Crippen LogP contribution in [-0.4, -0.2) is 47.9 Å². The smallest absolute Gasteiger partial charge is 0.240 e. The molecule has 17 heavy (non-hydrogen) atoms. The van der Waals surface area contributed by atoms with Crippen molar-refractivity contribution in [2.24, 2.45) is 0 Å². The SMILES string of the molecule is CCCCN1CCC(C)N(C)C(CC#N)C1=O. The maximum atomic E-state index is 12.3. The highest BCUT2D eigenvalue weighted by molar-refractivity contribution is 5.82. The first kappa shape index (κ1) is 14.0. The molecule has 0 aliphatic carbocycles. The fraction of sp³-hybridized carbons (Fsp3) is 0.846. The minimum Gasteiger partial charge on any atom is -0.341 e. The van der Waals surface area contributed by atoms with Gasteiger partial charge in [-0.2, -0.15) is 5.26 Å². The zero-order valence-corrected chi connectivity index (χ0v) is 11.1. The maximum Gasteiger partial charge on any atom is 0.240 e. The van der Waals surface area contributed by atoms with Gasteiger partial charge in [-0.15, -0.1) is 0 Å². The van der Waals surface area contributed by atoms with Crippen molar-refractivity contribution in [3.63, 3.8) is 0 Å². The minimum absolute atomic E-state index is 0.131. The van der Waals surface area contributed by atoms with E-state index in [-0.39, 0.29) is 11.9 Å². The van der Waals surface area contributed by atoms with E-state index >= 15 is 0 Å². The summed E-state index contributed by atoms with van der Waals surface area (Å²) in [4.78, 5) is 16.3. The van der Waals surface area contributed by atoms with Gasteiger partial charge in [0.15, 0.2) is 0 Å². The summed E-state index contributed by atoms with van der Waals surface area (Å²) < 4.78 is 0. The number of nitrogens with zero attached hydrogens (tertiary/aromatic N) is 3. The van der Waals surface area contributed by atoms with Gasteiger partial charge in [0.2, 0.25) is 5.91 Å². The monoisotopic (exact) mass is 237 g/mol. The average molecular weight is 237 g/mol. The number of hydrogen-bond acceptors (Lipinski definition) is 3. The minimum atomic E-state index is -0.255. The number of carbonyl (C=O) groups excluding carboxylic acids is 1. The van der Waals surface area contributed by atoms with Crippen LogP contribution < -0.4 is 0 Å². The first-order chi connectivity index (χ1) is 8.11. The molecular formula is C13H23N3O. The number of likely N-dealkylation sites (N-methyl/N-ethyl adjacent to an activating group) is 1.